The second-order valence-electron chi connectivity index (χ2n) is 9.20. The number of piperidine rings is 1. The third-order valence-corrected chi connectivity index (χ3v) is 8.99. The fraction of sp³-hybridized carbons (Fsp3) is 0.321. The number of hydrogen-bond donors (Lipinski definition) is 1. The van der Waals surface area contributed by atoms with Gasteiger partial charge < -0.3 is 19.4 Å². The summed E-state index contributed by atoms with van der Waals surface area (Å²) in [5.41, 5.74) is 2.97. The summed E-state index contributed by atoms with van der Waals surface area (Å²) in [5, 5.41) is 5.25. The highest BCUT2D eigenvalue weighted by Gasteiger charge is 2.35. The maximum atomic E-state index is 13.5. The van der Waals surface area contributed by atoms with Crippen molar-refractivity contribution in [1.82, 2.24) is 8.87 Å². The van der Waals surface area contributed by atoms with E-state index in [2.05, 4.69) is 28.9 Å². The molecule has 4 aromatic rings. The standard InChI is InChI=1S/C28H31N3O5S/c1-4-31-24-10-6-5-9-22(24)23-16-20(11-13-25(23)31)29-28(32)19-8-7-15-30(18-19)37(33,34)27-17-21(35-2)12-14-26(27)36-3/h5-6,9-14,16-17,19H,4,7-8,15,18H2,1-3H3,(H,29,32)/t19-/m1/s1. The maximum Gasteiger partial charge on any atom is 0.246 e. The van der Waals surface area contributed by atoms with E-state index < -0.39 is 15.9 Å². The maximum absolute atomic E-state index is 13.5. The molecular formula is C28H31N3O5S. The quantitative estimate of drug-likeness (QED) is 0.375. The third-order valence-electron chi connectivity index (χ3n) is 7.10. The Hall–Kier alpha value is -3.56. The number of methoxy groups -OCH3 is 2. The zero-order valence-corrected chi connectivity index (χ0v) is 22.0. The van der Waals surface area contributed by atoms with E-state index >= 15 is 0 Å². The highest BCUT2D eigenvalue weighted by Crippen LogP contribution is 2.34. The molecule has 3 aromatic carbocycles. The summed E-state index contributed by atoms with van der Waals surface area (Å²) in [4.78, 5) is 13.3. The molecule has 0 aliphatic carbocycles. The number of fused-ring (bicyclic) bond motifs is 3. The predicted molar refractivity (Wildman–Crippen MR) is 145 cm³/mol. The number of sulfonamides is 1. The van der Waals surface area contributed by atoms with Crippen molar-refractivity contribution in [2.75, 3.05) is 32.6 Å². The van der Waals surface area contributed by atoms with Crippen LogP contribution in [0.4, 0.5) is 5.69 Å². The summed E-state index contributed by atoms with van der Waals surface area (Å²) in [7, 11) is -0.969. The molecule has 1 fully saturated rings. The number of nitrogens with zero attached hydrogens (tertiary/aromatic N) is 2. The Labute approximate surface area is 216 Å². The third kappa shape index (κ3) is 4.53. The second-order valence-corrected chi connectivity index (χ2v) is 11.1. The van der Waals surface area contributed by atoms with Gasteiger partial charge in [0.15, 0.2) is 0 Å². The Morgan fingerprint density at radius 1 is 1.00 bits per heavy atom. The SMILES string of the molecule is CCn1c2ccccc2c2cc(NC(=O)[C@@H]3CCCN(S(=O)(=O)c4cc(OC)ccc4OC)C3)ccc21. The van der Waals surface area contributed by atoms with Crippen LogP contribution < -0.4 is 14.8 Å². The van der Waals surface area contributed by atoms with Gasteiger partial charge in [-0.05, 0) is 56.2 Å². The van der Waals surface area contributed by atoms with Crippen LogP contribution in [0.25, 0.3) is 21.8 Å². The van der Waals surface area contributed by atoms with Gasteiger partial charge in [-0.25, -0.2) is 8.42 Å². The summed E-state index contributed by atoms with van der Waals surface area (Å²) in [5.74, 6) is 0.0151. The van der Waals surface area contributed by atoms with Gasteiger partial charge >= 0.3 is 0 Å². The van der Waals surface area contributed by atoms with E-state index in [1.807, 2.05) is 30.3 Å². The van der Waals surface area contributed by atoms with E-state index in [9.17, 15) is 13.2 Å². The molecule has 0 radical (unpaired) electrons. The van der Waals surface area contributed by atoms with E-state index in [1.54, 1.807) is 12.1 Å². The minimum absolute atomic E-state index is 0.0353. The smallest absolute Gasteiger partial charge is 0.246 e. The molecule has 2 heterocycles. The first kappa shape index (κ1) is 25.1. The van der Waals surface area contributed by atoms with Crippen LogP contribution in [0.3, 0.4) is 0 Å². The molecule has 1 aliphatic rings. The molecule has 1 saturated heterocycles. The minimum atomic E-state index is -3.88. The first-order chi connectivity index (χ1) is 17.9. The average molecular weight is 522 g/mol. The first-order valence-electron chi connectivity index (χ1n) is 12.4. The van der Waals surface area contributed by atoms with Crippen LogP contribution in [0, 0.1) is 5.92 Å². The molecule has 0 unspecified atom stereocenters. The molecule has 37 heavy (non-hydrogen) atoms. The van der Waals surface area contributed by atoms with Crippen molar-refractivity contribution in [3.63, 3.8) is 0 Å². The van der Waals surface area contributed by atoms with Crippen molar-refractivity contribution in [3.05, 3.63) is 60.7 Å². The number of rotatable bonds is 7. The van der Waals surface area contributed by atoms with Crippen LogP contribution in [0.5, 0.6) is 11.5 Å². The lowest BCUT2D eigenvalue weighted by molar-refractivity contribution is -0.120. The molecule has 8 nitrogen and oxygen atoms in total. The molecule has 1 atom stereocenters. The number of amides is 1. The van der Waals surface area contributed by atoms with Crippen molar-refractivity contribution < 1.29 is 22.7 Å². The van der Waals surface area contributed by atoms with Crippen molar-refractivity contribution >= 4 is 43.4 Å². The molecule has 1 aliphatic heterocycles. The number of ether oxygens (including phenoxy) is 2. The molecule has 9 heteroatoms. The van der Waals surface area contributed by atoms with Crippen molar-refractivity contribution in [2.24, 2.45) is 5.92 Å². The van der Waals surface area contributed by atoms with Crippen LogP contribution in [0.15, 0.2) is 65.6 Å². The van der Waals surface area contributed by atoms with E-state index in [4.69, 9.17) is 9.47 Å². The molecule has 1 amide bonds. The number of carbonyl (C=O) groups is 1. The zero-order valence-electron chi connectivity index (χ0n) is 21.2. The van der Waals surface area contributed by atoms with E-state index in [-0.39, 0.29) is 23.1 Å². The minimum Gasteiger partial charge on any atom is -0.497 e. The van der Waals surface area contributed by atoms with Crippen LogP contribution in [0.1, 0.15) is 19.8 Å². The predicted octanol–water partition coefficient (Wildman–Crippen LogP) is 4.87. The number of aromatic nitrogens is 1. The van der Waals surface area contributed by atoms with Gasteiger partial charge in [-0.3, -0.25) is 4.79 Å². The van der Waals surface area contributed by atoms with Crippen LogP contribution in [0.2, 0.25) is 0 Å². The molecule has 0 bridgehead atoms. The summed E-state index contributed by atoms with van der Waals surface area (Å²) < 4.78 is 41.2. The van der Waals surface area contributed by atoms with Crippen molar-refractivity contribution in [1.29, 1.82) is 0 Å². The number of hydrogen-bond acceptors (Lipinski definition) is 5. The van der Waals surface area contributed by atoms with Crippen molar-refractivity contribution in [2.45, 2.75) is 31.2 Å². The topological polar surface area (TPSA) is 89.9 Å². The molecule has 194 valence electrons. The Balaban J connectivity index is 1.38. The van der Waals surface area contributed by atoms with Crippen LogP contribution >= 0.6 is 0 Å². The zero-order chi connectivity index (χ0) is 26.2. The molecule has 0 spiro atoms. The number of nitrogens with one attached hydrogen (secondary N) is 1. The lowest BCUT2D eigenvalue weighted by Gasteiger charge is -2.31. The Morgan fingerprint density at radius 3 is 2.54 bits per heavy atom. The average Bonchev–Trinajstić information content (AvgIpc) is 3.25. The lowest BCUT2D eigenvalue weighted by Crippen LogP contribution is -2.43. The Kier molecular flexibility index (Phi) is 6.83. The summed E-state index contributed by atoms with van der Waals surface area (Å²) in [6.07, 6.45) is 1.21. The molecule has 5 rings (SSSR count). The number of aryl methyl sites for hydroxylation is 1. The van der Waals surface area contributed by atoms with Gasteiger partial charge in [0.05, 0.1) is 20.1 Å². The van der Waals surface area contributed by atoms with E-state index in [1.165, 1.54) is 24.6 Å². The number of carbonyl (C=O) groups excluding carboxylic acids is 1. The molecule has 1 N–H and O–H groups in total. The van der Waals surface area contributed by atoms with Crippen LogP contribution in [-0.2, 0) is 21.4 Å². The molecule has 1 aromatic heterocycles. The summed E-state index contributed by atoms with van der Waals surface area (Å²) in [6.45, 7) is 3.41. The van der Waals surface area contributed by atoms with Gasteiger partial charge in [0, 0.05) is 53.2 Å². The number of benzene rings is 3. The van der Waals surface area contributed by atoms with E-state index in [0.717, 1.165) is 28.4 Å². The Morgan fingerprint density at radius 2 is 1.78 bits per heavy atom. The van der Waals surface area contributed by atoms with Gasteiger partial charge in [0.25, 0.3) is 0 Å². The van der Waals surface area contributed by atoms with Gasteiger partial charge in [-0.1, -0.05) is 18.2 Å². The van der Waals surface area contributed by atoms with Gasteiger partial charge in [0.1, 0.15) is 16.4 Å². The largest absolute Gasteiger partial charge is 0.497 e. The van der Waals surface area contributed by atoms with Gasteiger partial charge in [-0.15, -0.1) is 0 Å². The number of para-hydroxylation sites is 1. The summed E-state index contributed by atoms with van der Waals surface area (Å²) in [6, 6.07) is 18.9. The molecular weight excluding hydrogens is 490 g/mol. The van der Waals surface area contributed by atoms with Crippen molar-refractivity contribution in [3.8, 4) is 11.5 Å². The normalized spacial score (nSPS) is 16.7. The van der Waals surface area contributed by atoms with Crippen LogP contribution in [-0.4, -0.2) is 50.5 Å². The highest BCUT2D eigenvalue weighted by molar-refractivity contribution is 7.89. The molecule has 0 saturated carbocycles. The first-order valence-corrected chi connectivity index (χ1v) is 13.9. The highest BCUT2D eigenvalue weighted by atomic mass is 32.2. The fourth-order valence-electron chi connectivity index (χ4n) is 5.22. The number of anilines is 1. The van der Waals surface area contributed by atoms with Gasteiger partial charge in [-0.2, -0.15) is 4.31 Å². The fourth-order valence-corrected chi connectivity index (χ4v) is 6.91. The lowest BCUT2D eigenvalue weighted by atomic mass is 9.98. The van der Waals surface area contributed by atoms with E-state index in [0.29, 0.717) is 30.8 Å². The van der Waals surface area contributed by atoms with Gasteiger partial charge in [0.2, 0.25) is 15.9 Å². The monoisotopic (exact) mass is 521 g/mol. The Bertz CT molecular complexity index is 1580. The second kappa shape index (κ2) is 10.1. The summed E-state index contributed by atoms with van der Waals surface area (Å²) >= 11 is 0.